The normalized spacial score (nSPS) is 15.7. The number of anilines is 1. The molecule has 3 rings (SSSR count). The predicted octanol–water partition coefficient (Wildman–Crippen LogP) is 3.08. The Balaban J connectivity index is 1.69. The molecule has 0 unspecified atom stereocenters. The van der Waals surface area contributed by atoms with Crippen LogP contribution in [0.15, 0.2) is 48.5 Å². The molecule has 27 heavy (non-hydrogen) atoms. The molecule has 0 spiro atoms. The topological polar surface area (TPSA) is 117 Å². The molecule has 3 N–H and O–H groups in total. The monoisotopic (exact) mass is 371 g/mol. The van der Waals surface area contributed by atoms with Crippen LogP contribution >= 0.6 is 0 Å². The first-order valence-electron chi connectivity index (χ1n) is 8.64. The molecule has 2 aromatic rings. The van der Waals surface area contributed by atoms with Crippen molar-refractivity contribution in [3.05, 3.63) is 58.6 Å². The van der Waals surface area contributed by atoms with E-state index in [0.29, 0.717) is 43.2 Å². The van der Waals surface area contributed by atoms with Crippen LogP contribution in [0.1, 0.15) is 12.8 Å². The molecule has 8 nitrogen and oxygen atoms in total. The second-order valence-electron chi connectivity index (χ2n) is 6.43. The lowest BCUT2D eigenvalue weighted by atomic mass is 9.79. The number of nitrogens with two attached hydrogens (primary N) is 1. The van der Waals surface area contributed by atoms with Gasteiger partial charge in [0.05, 0.1) is 10.3 Å². The lowest BCUT2D eigenvalue weighted by Gasteiger charge is -2.34. The van der Waals surface area contributed by atoms with E-state index in [9.17, 15) is 14.9 Å². The maximum absolute atomic E-state index is 12.7. The summed E-state index contributed by atoms with van der Waals surface area (Å²) in [5.74, 6) is 0.850. The summed E-state index contributed by atoms with van der Waals surface area (Å²) in [4.78, 5) is 23.0. The van der Waals surface area contributed by atoms with Gasteiger partial charge in [-0.15, -0.1) is 0 Å². The number of hydrogen-bond donors (Lipinski definition) is 2. The van der Waals surface area contributed by atoms with Crippen LogP contribution in [0.3, 0.4) is 0 Å². The highest BCUT2D eigenvalue weighted by molar-refractivity contribution is 5.95. The van der Waals surface area contributed by atoms with E-state index >= 15 is 0 Å². The van der Waals surface area contributed by atoms with Gasteiger partial charge >= 0.3 is 0 Å². The maximum atomic E-state index is 12.7. The van der Waals surface area contributed by atoms with Gasteiger partial charge in [-0.25, -0.2) is 0 Å². The zero-order chi connectivity index (χ0) is 19.3. The molecule has 142 valence electrons. The molecule has 1 aliphatic heterocycles. The molecule has 0 aliphatic carbocycles. The fourth-order valence-electron chi connectivity index (χ4n) is 2.96. The molecule has 0 saturated carbocycles. The number of carbonyl (C=O) groups excluding carboxylic acids is 1. The number of nitro groups is 1. The average Bonchev–Trinajstić information content (AvgIpc) is 2.69. The smallest absolute Gasteiger partial charge is 0.269 e. The molecule has 0 bridgehead atoms. The van der Waals surface area contributed by atoms with Crippen molar-refractivity contribution in [2.24, 2.45) is 11.1 Å². The Labute approximate surface area is 156 Å². The van der Waals surface area contributed by atoms with E-state index in [1.807, 2.05) is 0 Å². The Morgan fingerprint density at radius 1 is 1.19 bits per heavy atom. The lowest BCUT2D eigenvalue weighted by Crippen LogP contribution is -2.46. The number of non-ortho nitro benzene ring substituents is 1. The van der Waals surface area contributed by atoms with Crippen molar-refractivity contribution in [3.8, 4) is 11.5 Å². The number of carbonyl (C=O) groups is 1. The molecule has 2 aromatic carbocycles. The Kier molecular flexibility index (Phi) is 5.68. The third kappa shape index (κ3) is 4.42. The SMILES string of the molecule is NCC1(C(=O)Nc2cccc(Oc3ccc([N+](=O)[O-])cc3)c2)CCOCC1. The molecule has 0 aromatic heterocycles. The van der Waals surface area contributed by atoms with Gasteiger partial charge in [0.2, 0.25) is 5.91 Å². The fraction of sp³-hybridized carbons (Fsp3) is 0.316. The molecule has 1 fully saturated rings. The van der Waals surface area contributed by atoms with Gasteiger partial charge in [0, 0.05) is 43.6 Å². The summed E-state index contributed by atoms with van der Waals surface area (Å²) in [5, 5.41) is 13.6. The van der Waals surface area contributed by atoms with E-state index in [1.165, 1.54) is 24.3 Å². The van der Waals surface area contributed by atoms with E-state index in [2.05, 4.69) is 5.32 Å². The van der Waals surface area contributed by atoms with Crippen molar-refractivity contribution < 1.29 is 19.2 Å². The average molecular weight is 371 g/mol. The molecule has 1 saturated heterocycles. The number of nitrogens with one attached hydrogen (secondary N) is 1. The number of rotatable bonds is 6. The third-order valence-electron chi connectivity index (χ3n) is 4.70. The summed E-state index contributed by atoms with van der Waals surface area (Å²) >= 11 is 0. The van der Waals surface area contributed by atoms with Crippen LogP contribution in [0.4, 0.5) is 11.4 Å². The number of benzene rings is 2. The Bertz CT molecular complexity index is 816. The van der Waals surface area contributed by atoms with Gasteiger partial charge < -0.3 is 20.5 Å². The highest BCUT2D eigenvalue weighted by Crippen LogP contribution is 2.32. The van der Waals surface area contributed by atoms with Crippen molar-refractivity contribution in [1.82, 2.24) is 0 Å². The molecular weight excluding hydrogens is 350 g/mol. The van der Waals surface area contributed by atoms with Gasteiger partial charge in [-0.2, -0.15) is 0 Å². The second-order valence-corrected chi connectivity index (χ2v) is 6.43. The van der Waals surface area contributed by atoms with Gasteiger partial charge in [-0.1, -0.05) is 6.07 Å². The minimum Gasteiger partial charge on any atom is -0.457 e. The predicted molar refractivity (Wildman–Crippen MR) is 99.8 cm³/mol. The fourth-order valence-corrected chi connectivity index (χ4v) is 2.96. The quantitative estimate of drug-likeness (QED) is 0.595. The number of hydrogen-bond acceptors (Lipinski definition) is 6. The summed E-state index contributed by atoms with van der Waals surface area (Å²) in [5.41, 5.74) is 5.84. The molecule has 1 aliphatic rings. The minimum atomic E-state index is -0.618. The number of nitrogens with zero attached hydrogens (tertiary/aromatic N) is 1. The summed E-state index contributed by atoms with van der Waals surface area (Å²) in [6, 6.07) is 12.8. The summed E-state index contributed by atoms with van der Waals surface area (Å²) in [6.45, 7) is 1.31. The Morgan fingerprint density at radius 2 is 1.89 bits per heavy atom. The van der Waals surface area contributed by atoms with Crippen molar-refractivity contribution in [2.45, 2.75) is 12.8 Å². The number of amides is 1. The molecule has 1 heterocycles. The first-order chi connectivity index (χ1) is 13.0. The van der Waals surface area contributed by atoms with Crippen LogP contribution < -0.4 is 15.8 Å². The molecular formula is C19H21N3O5. The highest BCUT2D eigenvalue weighted by Gasteiger charge is 2.38. The van der Waals surface area contributed by atoms with Crippen molar-refractivity contribution in [3.63, 3.8) is 0 Å². The molecule has 8 heteroatoms. The van der Waals surface area contributed by atoms with E-state index < -0.39 is 10.3 Å². The Morgan fingerprint density at radius 3 is 2.52 bits per heavy atom. The van der Waals surface area contributed by atoms with Crippen LogP contribution in [0.25, 0.3) is 0 Å². The zero-order valence-corrected chi connectivity index (χ0v) is 14.7. The van der Waals surface area contributed by atoms with Gasteiger partial charge in [-0.3, -0.25) is 14.9 Å². The Hall–Kier alpha value is -2.97. The molecule has 1 amide bonds. The van der Waals surface area contributed by atoms with Crippen molar-refractivity contribution >= 4 is 17.3 Å². The van der Waals surface area contributed by atoms with E-state index in [1.54, 1.807) is 24.3 Å². The van der Waals surface area contributed by atoms with Crippen molar-refractivity contribution in [2.75, 3.05) is 25.1 Å². The van der Waals surface area contributed by atoms with E-state index in [0.717, 1.165) is 0 Å². The van der Waals surface area contributed by atoms with Gasteiger partial charge in [0.25, 0.3) is 5.69 Å². The van der Waals surface area contributed by atoms with Crippen LogP contribution in [0.2, 0.25) is 0 Å². The van der Waals surface area contributed by atoms with E-state index in [4.69, 9.17) is 15.2 Å². The van der Waals surface area contributed by atoms with Gasteiger partial charge in [0.1, 0.15) is 11.5 Å². The van der Waals surface area contributed by atoms with Crippen LogP contribution in [0, 0.1) is 15.5 Å². The first-order valence-corrected chi connectivity index (χ1v) is 8.64. The zero-order valence-electron chi connectivity index (χ0n) is 14.7. The lowest BCUT2D eigenvalue weighted by molar-refractivity contribution is -0.384. The minimum absolute atomic E-state index is 0.00749. The van der Waals surface area contributed by atoms with Crippen LogP contribution in [-0.4, -0.2) is 30.6 Å². The summed E-state index contributed by atoms with van der Waals surface area (Å²) in [7, 11) is 0. The largest absolute Gasteiger partial charge is 0.457 e. The highest BCUT2D eigenvalue weighted by atomic mass is 16.6. The van der Waals surface area contributed by atoms with Crippen molar-refractivity contribution in [1.29, 1.82) is 0 Å². The van der Waals surface area contributed by atoms with Gasteiger partial charge in [-0.05, 0) is 37.1 Å². The first kappa shape index (κ1) is 18.8. The van der Waals surface area contributed by atoms with Gasteiger partial charge in [0.15, 0.2) is 0 Å². The third-order valence-corrected chi connectivity index (χ3v) is 4.70. The van der Waals surface area contributed by atoms with E-state index in [-0.39, 0.29) is 18.1 Å². The summed E-state index contributed by atoms with van der Waals surface area (Å²) in [6.07, 6.45) is 1.18. The number of ether oxygens (including phenoxy) is 2. The second kappa shape index (κ2) is 8.15. The van der Waals surface area contributed by atoms with Crippen LogP contribution in [0.5, 0.6) is 11.5 Å². The standard InChI is InChI=1S/C19H21N3O5/c20-13-19(8-10-26-11-9-19)18(23)21-14-2-1-3-17(12-14)27-16-6-4-15(5-7-16)22(24)25/h1-7,12H,8-11,13,20H2,(H,21,23). The molecule has 0 atom stereocenters. The summed E-state index contributed by atoms with van der Waals surface area (Å²) < 4.78 is 11.1. The maximum Gasteiger partial charge on any atom is 0.269 e. The van der Waals surface area contributed by atoms with Crippen LogP contribution in [-0.2, 0) is 9.53 Å². The molecule has 0 radical (unpaired) electrons. The number of nitro benzene ring substituents is 1.